The first-order chi connectivity index (χ1) is 15.0. The molecule has 0 aliphatic carbocycles. The Morgan fingerprint density at radius 3 is 2.94 bits per heavy atom. The molecule has 2 aromatic rings. The van der Waals surface area contributed by atoms with Gasteiger partial charge in [-0.05, 0) is 39.5 Å². The third kappa shape index (κ3) is 7.45. The standard InChI is InChI=1S/C23H32ClN5O2/c1-17-14-25-23(27-20-8-11-31-12-9-20)28-22(17)29-15-21(26-16-29)13-19(7-4-10-30)6-3-5-18(2)24/h3,5-6,14-16,18,20,30H,4,7-13H2,1-2H3,(H,25,27,28)/b5-3-,19-6+. The number of nitrogens with zero attached hydrogens (tertiary/aromatic N) is 4. The smallest absolute Gasteiger partial charge is 0.224 e. The number of alkyl halides is 1. The van der Waals surface area contributed by atoms with E-state index in [0.717, 1.165) is 56.0 Å². The van der Waals surface area contributed by atoms with Crippen molar-refractivity contribution in [1.29, 1.82) is 0 Å². The van der Waals surface area contributed by atoms with Gasteiger partial charge in [0.2, 0.25) is 5.95 Å². The first-order valence-corrected chi connectivity index (χ1v) is 11.3. The average molecular weight is 446 g/mol. The summed E-state index contributed by atoms with van der Waals surface area (Å²) >= 11 is 5.99. The molecule has 0 amide bonds. The maximum absolute atomic E-state index is 9.21. The molecule has 0 bridgehead atoms. The van der Waals surface area contributed by atoms with E-state index >= 15 is 0 Å². The van der Waals surface area contributed by atoms with E-state index < -0.39 is 0 Å². The van der Waals surface area contributed by atoms with E-state index in [-0.39, 0.29) is 12.0 Å². The monoisotopic (exact) mass is 445 g/mol. The average Bonchev–Trinajstić information content (AvgIpc) is 3.22. The Morgan fingerprint density at radius 2 is 2.19 bits per heavy atom. The molecular weight excluding hydrogens is 414 g/mol. The van der Waals surface area contributed by atoms with Gasteiger partial charge in [-0.15, -0.1) is 11.6 Å². The Hall–Kier alpha value is -2.22. The number of aliphatic hydroxyl groups excluding tert-OH is 1. The minimum atomic E-state index is -0.0146. The summed E-state index contributed by atoms with van der Waals surface area (Å²) < 4.78 is 7.37. The van der Waals surface area contributed by atoms with Crippen molar-refractivity contribution in [1.82, 2.24) is 19.5 Å². The van der Waals surface area contributed by atoms with Gasteiger partial charge in [0.15, 0.2) is 0 Å². The summed E-state index contributed by atoms with van der Waals surface area (Å²) in [7, 11) is 0. The molecule has 1 aliphatic rings. The van der Waals surface area contributed by atoms with Crippen molar-refractivity contribution in [3.8, 4) is 5.82 Å². The number of hydrogen-bond acceptors (Lipinski definition) is 6. The molecule has 7 nitrogen and oxygen atoms in total. The van der Waals surface area contributed by atoms with E-state index in [1.807, 2.05) is 43.0 Å². The van der Waals surface area contributed by atoms with Crippen LogP contribution in [-0.4, -0.2) is 55.9 Å². The fraction of sp³-hybridized carbons (Fsp3) is 0.522. The molecule has 1 aliphatic heterocycles. The maximum atomic E-state index is 9.21. The van der Waals surface area contributed by atoms with Crippen LogP contribution in [0.15, 0.2) is 42.5 Å². The molecule has 2 aromatic heterocycles. The highest BCUT2D eigenvalue weighted by atomic mass is 35.5. The van der Waals surface area contributed by atoms with Crippen molar-refractivity contribution in [3.63, 3.8) is 0 Å². The van der Waals surface area contributed by atoms with Gasteiger partial charge < -0.3 is 15.2 Å². The van der Waals surface area contributed by atoms with Crippen molar-refractivity contribution in [2.75, 3.05) is 25.1 Å². The third-order valence-electron chi connectivity index (χ3n) is 5.15. The quantitative estimate of drug-likeness (QED) is 0.425. The zero-order chi connectivity index (χ0) is 22.1. The summed E-state index contributed by atoms with van der Waals surface area (Å²) in [6.45, 7) is 5.64. The number of aromatic nitrogens is 4. The van der Waals surface area contributed by atoms with Gasteiger partial charge in [0.05, 0.1) is 5.69 Å². The number of halogens is 1. The van der Waals surface area contributed by atoms with Crippen molar-refractivity contribution in [2.24, 2.45) is 0 Å². The van der Waals surface area contributed by atoms with Crippen LogP contribution in [0.25, 0.3) is 5.82 Å². The van der Waals surface area contributed by atoms with Crippen molar-refractivity contribution < 1.29 is 9.84 Å². The summed E-state index contributed by atoms with van der Waals surface area (Å²) in [5.74, 6) is 1.45. The number of hydrogen-bond donors (Lipinski definition) is 2. The molecule has 0 aromatic carbocycles. The second-order valence-electron chi connectivity index (χ2n) is 7.89. The van der Waals surface area contributed by atoms with Gasteiger partial charge in [0, 0.05) is 55.6 Å². The lowest BCUT2D eigenvalue weighted by atomic mass is 10.0. The minimum Gasteiger partial charge on any atom is -0.396 e. The molecule has 1 unspecified atom stereocenters. The molecule has 168 valence electrons. The Bertz CT molecular complexity index is 888. The molecule has 1 saturated heterocycles. The molecule has 3 rings (SSSR count). The van der Waals surface area contributed by atoms with E-state index in [2.05, 4.69) is 21.4 Å². The SMILES string of the molecule is Cc1cnc(NC2CCOCC2)nc1-n1cnc(C/C(=C/C=C\C(C)Cl)CCCO)c1. The van der Waals surface area contributed by atoms with Crippen LogP contribution in [0.3, 0.4) is 0 Å². The molecule has 0 saturated carbocycles. The summed E-state index contributed by atoms with van der Waals surface area (Å²) in [6, 6.07) is 0.339. The van der Waals surface area contributed by atoms with Crippen LogP contribution in [0.4, 0.5) is 5.95 Å². The Labute approximate surface area is 189 Å². The summed E-state index contributed by atoms with van der Waals surface area (Å²) in [5.41, 5.74) is 3.14. The maximum Gasteiger partial charge on any atom is 0.224 e. The second-order valence-corrected chi connectivity index (χ2v) is 8.58. The van der Waals surface area contributed by atoms with Crippen LogP contribution in [0.1, 0.15) is 43.9 Å². The van der Waals surface area contributed by atoms with Gasteiger partial charge in [-0.25, -0.2) is 9.97 Å². The fourth-order valence-corrected chi connectivity index (χ4v) is 3.56. The minimum absolute atomic E-state index is 0.0146. The van der Waals surface area contributed by atoms with Crippen molar-refractivity contribution in [2.45, 2.75) is 57.4 Å². The van der Waals surface area contributed by atoms with Gasteiger partial charge in [0.25, 0.3) is 0 Å². The van der Waals surface area contributed by atoms with Gasteiger partial charge in [-0.2, -0.15) is 4.98 Å². The molecule has 2 N–H and O–H groups in total. The number of allylic oxidation sites excluding steroid dienone is 4. The molecule has 8 heteroatoms. The van der Waals surface area contributed by atoms with Crippen LogP contribution in [0, 0.1) is 6.92 Å². The summed E-state index contributed by atoms with van der Waals surface area (Å²) in [6.07, 6.45) is 15.8. The van der Waals surface area contributed by atoms with Crippen molar-refractivity contribution in [3.05, 3.63) is 53.8 Å². The normalized spacial score (nSPS) is 16.7. The lowest BCUT2D eigenvalue weighted by Crippen LogP contribution is -2.28. The topological polar surface area (TPSA) is 85.1 Å². The third-order valence-corrected chi connectivity index (χ3v) is 5.30. The van der Waals surface area contributed by atoms with Crippen LogP contribution in [0.2, 0.25) is 0 Å². The van der Waals surface area contributed by atoms with E-state index in [1.54, 1.807) is 6.33 Å². The number of aryl methyl sites for hydroxylation is 1. The summed E-state index contributed by atoms with van der Waals surface area (Å²) in [4.78, 5) is 13.8. The van der Waals surface area contributed by atoms with E-state index in [0.29, 0.717) is 18.4 Å². The van der Waals surface area contributed by atoms with Crippen LogP contribution >= 0.6 is 11.6 Å². The fourth-order valence-electron chi connectivity index (χ4n) is 3.47. The number of anilines is 1. The zero-order valence-electron chi connectivity index (χ0n) is 18.3. The van der Waals surface area contributed by atoms with E-state index in [4.69, 9.17) is 21.3 Å². The second kappa shape index (κ2) is 12.0. The number of ether oxygens (including phenoxy) is 1. The molecule has 0 spiro atoms. The van der Waals surface area contributed by atoms with E-state index in [9.17, 15) is 5.11 Å². The lowest BCUT2D eigenvalue weighted by molar-refractivity contribution is 0.0903. The first-order valence-electron chi connectivity index (χ1n) is 10.9. The molecular formula is C23H32ClN5O2. The number of imidazole rings is 1. The summed E-state index contributed by atoms with van der Waals surface area (Å²) in [5, 5.41) is 12.6. The van der Waals surface area contributed by atoms with Gasteiger partial charge in [-0.1, -0.05) is 23.8 Å². The predicted octanol–water partition coefficient (Wildman–Crippen LogP) is 3.99. The van der Waals surface area contributed by atoms with Gasteiger partial charge in [0.1, 0.15) is 12.1 Å². The van der Waals surface area contributed by atoms with Gasteiger partial charge >= 0.3 is 0 Å². The lowest BCUT2D eigenvalue weighted by Gasteiger charge is -2.23. The van der Waals surface area contributed by atoms with Crippen molar-refractivity contribution >= 4 is 17.5 Å². The highest BCUT2D eigenvalue weighted by Crippen LogP contribution is 2.18. The Kier molecular flexibility index (Phi) is 9.06. The van der Waals surface area contributed by atoms with Crippen LogP contribution in [-0.2, 0) is 11.2 Å². The van der Waals surface area contributed by atoms with E-state index in [1.165, 1.54) is 5.57 Å². The Morgan fingerprint density at radius 1 is 1.39 bits per heavy atom. The largest absolute Gasteiger partial charge is 0.396 e. The first kappa shape index (κ1) is 23.4. The predicted molar refractivity (Wildman–Crippen MR) is 124 cm³/mol. The molecule has 31 heavy (non-hydrogen) atoms. The highest BCUT2D eigenvalue weighted by molar-refractivity contribution is 6.21. The molecule has 1 atom stereocenters. The molecule has 0 radical (unpaired) electrons. The zero-order valence-corrected chi connectivity index (χ0v) is 19.1. The highest BCUT2D eigenvalue weighted by Gasteiger charge is 2.16. The number of nitrogens with one attached hydrogen (secondary N) is 1. The number of rotatable bonds is 10. The number of aliphatic hydroxyl groups is 1. The Balaban J connectivity index is 1.73. The molecule has 1 fully saturated rings. The van der Waals surface area contributed by atoms with Crippen LogP contribution < -0.4 is 5.32 Å². The van der Waals surface area contributed by atoms with Crippen LogP contribution in [0.5, 0.6) is 0 Å². The molecule has 3 heterocycles. The van der Waals surface area contributed by atoms with Gasteiger partial charge in [-0.3, -0.25) is 4.57 Å².